The molecule has 0 atom stereocenters. The highest BCUT2D eigenvalue weighted by molar-refractivity contribution is 5.77. The first-order valence-electron chi connectivity index (χ1n) is 11.1. The summed E-state index contributed by atoms with van der Waals surface area (Å²) in [5, 5.41) is 16.8. The minimum Gasteiger partial charge on any atom is -0.324 e. The highest BCUT2D eigenvalue weighted by Gasteiger charge is 2.19. The molecule has 0 spiro atoms. The maximum atomic E-state index is 13.0. The molecule has 7 heteroatoms. The van der Waals surface area contributed by atoms with Gasteiger partial charge in [0.2, 0.25) is 5.95 Å². The molecule has 2 aromatic heterocycles. The molecule has 0 radical (unpaired) electrons. The maximum Gasteiger partial charge on any atom is 0.270 e. The summed E-state index contributed by atoms with van der Waals surface area (Å²) in [6, 6.07) is 9.95. The molecular weight excluding hydrogens is 388 g/mol. The quantitative estimate of drug-likeness (QED) is 0.677. The lowest BCUT2D eigenvalue weighted by Gasteiger charge is -2.23. The first-order chi connectivity index (χ1) is 15.2. The Balaban J connectivity index is 1.51. The van der Waals surface area contributed by atoms with Crippen molar-refractivity contribution in [2.45, 2.75) is 51.6 Å². The summed E-state index contributed by atoms with van der Waals surface area (Å²) in [6.07, 6.45) is 8.59. The Morgan fingerprint density at radius 2 is 2.06 bits per heavy atom. The Hall–Kier alpha value is -3.24. The minimum atomic E-state index is -0.258. The third-order valence-electron chi connectivity index (χ3n) is 6.46. The van der Waals surface area contributed by atoms with Crippen LogP contribution in [0.25, 0.3) is 11.0 Å². The van der Waals surface area contributed by atoms with Crippen LogP contribution in [0.5, 0.6) is 0 Å². The zero-order valence-corrected chi connectivity index (χ0v) is 17.5. The summed E-state index contributed by atoms with van der Waals surface area (Å²) < 4.78 is 1.69. The molecule has 1 fully saturated rings. The standard InChI is InChI=1S/C24H26N6O/c25-12-19-10-20-14-27-24(28-21-7-6-18-13-26-9-8-17(18)11-21)29-22(20)30(23(19)31)15-16-4-2-1-3-5-16/h6-7,10-11,14,16,26H,1-5,8-9,13,15H2,(H,27,28,29). The van der Waals surface area contributed by atoms with Crippen LogP contribution in [-0.4, -0.2) is 21.1 Å². The van der Waals surface area contributed by atoms with Gasteiger partial charge in [-0.1, -0.05) is 25.3 Å². The summed E-state index contributed by atoms with van der Waals surface area (Å²) in [5.41, 5.74) is 4.07. The van der Waals surface area contributed by atoms with Crippen molar-refractivity contribution in [1.82, 2.24) is 19.9 Å². The van der Waals surface area contributed by atoms with Gasteiger partial charge in [0.05, 0.1) is 0 Å². The average molecular weight is 415 g/mol. The van der Waals surface area contributed by atoms with E-state index in [4.69, 9.17) is 4.98 Å². The van der Waals surface area contributed by atoms with E-state index in [1.165, 1.54) is 30.4 Å². The van der Waals surface area contributed by atoms with Crippen LogP contribution < -0.4 is 16.2 Å². The molecule has 2 aliphatic rings. The number of nitrogens with one attached hydrogen (secondary N) is 2. The number of nitrogens with zero attached hydrogens (tertiary/aromatic N) is 4. The van der Waals surface area contributed by atoms with Crippen molar-refractivity contribution < 1.29 is 0 Å². The van der Waals surface area contributed by atoms with Gasteiger partial charge in [0.15, 0.2) is 0 Å². The zero-order valence-electron chi connectivity index (χ0n) is 17.5. The normalized spacial score (nSPS) is 16.6. The summed E-state index contributed by atoms with van der Waals surface area (Å²) >= 11 is 0. The van der Waals surface area contributed by atoms with Crippen LogP contribution in [0.3, 0.4) is 0 Å². The topological polar surface area (TPSA) is 95.6 Å². The predicted octanol–water partition coefficient (Wildman–Crippen LogP) is 3.63. The fourth-order valence-corrected chi connectivity index (χ4v) is 4.78. The van der Waals surface area contributed by atoms with Gasteiger partial charge < -0.3 is 10.6 Å². The summed E-state index contributed by atoms with van der Waals surface area (Å²) in [5.74, 6) is 0.909. The number of rotatable bonds is 4. The molecule has 5 rings (SSSR count). The molecule has 3 heterocycles. The molecule has 158 valence electrons. The molecule has 3 aromatic rings. The van der Waals surface area contributed by atoms with E-state index in [1.54, 1.807) is 16.8 Å². The monoisotopic (exact) mass is 414 g/mol. The lowest BCUT2D eigenvalue weighted by Crippen LogP contribution is -2.28. The summed E-state index contributed by atoms with van der Waals surface area (Å²) in [4.78, 5) is 22.1. The number of hydrogen-bond acceptors (Lipinski definition) is 6. The third kappa shape index (κ3) is 4.04. The second-order valence-corrected chi connectivity index (χ2v) is 8.60. The van der Waals surface area contributed by atoms with Gasteiger partial charge in [-0.25, -0.2) is 4.98 Å². The Morgan fingerprint density at radius 1 is 1.19 bits per heavy atom. The molecule has 2 N–H and O–H groups in total. The molecule has 0 amide bonds. The molecule has 31 heavy (non-hydrogen) atoms. The van der Waals surface area contributed by atoms with Crippen LogP contribution in [0.1, 0.15) is 48.8 Å². The summed E-state index contributed by atoms with van der Waals surface area (Å²) in [6.45, 7) is 2.49. The smallest absolute Gasteiger partial charge is 0.270 e. The van der Waals surface area contributed by atoms with Crippen molar-refractivity contribution in [2.75, 3.05) is 11.9 Å². The van der Waals surface area contributed by atoms with Gasteiger partial charge in [-0.05, 0) is 61.1 Å². The van der Waals surface area contributed by atoms with Gasteiger partial charge in [-0.2, -0.15) is 10.2 Å². The van der Waals surface area contributed by atoms with E-state index in [0.29, 0.717) is 29.4 Å². The van der Waals surface area contributed by atoms with Crippen LogP contribution in [0.4, 0.5) is 11.6 Å². The van der Waals surface area contributed by atoms with Gasteiger partial charge in [-0.15, -0.1) is 0 Å². The summed E-state index contributed by atoms with van der Waals surface area (Å²) in [7, 11) is 0. The fourth-order valence-electron chi connectivity index (χ4n) is 4.78. The second kappa shape index (κ2) is 8.48. The Kier molecular flexibility index (Phi) is 5.39. The Labute approximate surface area is 181 Å². The van der Waals surface area contributed by atoms with E-state index in [2.05, 4.69) is 27.8 Å². The molecule has 1 aromatic carbocycles. The van der Waals surface area contributed by atoms with Gasteiger partial charge in [-0.3, -0.25) is 9.36 Å². The van der Waals surface area contributed by atoms with E-state index in [0.717, 1.165) is 38.0 Å². The molecule has 0 saturated heterocycles. The van der Waals surface area contributed by atoms with E-state index < -0.39 is 0 Å². The van der Waals surface area contributed by atoms with Crippen LogP contribution in [0, 0.1) is 17.2 Å². The van der Waals surface area contributed by atoms with Crippen molar-refractivity contribution >= 4 is 22.7 Å². The highest BCUT2D eigenvalue weighted by Crippen LogP contribution is 2.26. The van der Waals surface area contributed by atoms with Crippen molar-refractivity contribution in [3.05, 3.63) is 57.5 Å². The Morgan fingerprint density at radius 3 is 2.90 bits per heavy atom. The van der Waals surface area contributed by atoms with E-state index >= 15 is 0 Å². The SMILES string of the molecule is N#Cc1cc2cnc(Nc3ccc4c(c3)CCNC4)nc2n(CC2CCCCC2)c1=O. The van der Waals surface area contributed by atoms with Crippen molar-refractivity contribution in [3.63, 3.8) is 0 Å². The molecular formula is C24H26N6O. The minimum absolute atomic E-state index is 0.149. The molecule has 1 aliphatic carbocycles. The number of benzene rings is 1. The van der Waals surface area contributed by atoms with Crippen LogP contribution in [0.15, 0.2) is 35.3 Å². The number of nitriles is 1. The maximum absolute atomic E-state index is 13.0. The number of pyridine rings is 1. The second-order valence-electron chi connectivity index (χ2n) is 8.60. The molecule has 0 bridgehead atoms. The van der Waals surface area contributed by atoms with Crippen LogP contribution >= 0.6 is 0 Å². The van der Waals surface area contributed by atoms with E-state index in [9.17, 15) is 10.1 Å². The van der Waals surface area contributed by atoms with Gasteiger partial charge in [0.1, 0.15) is 17.3 Å². The largest absolute Gasteiger partial charge is 0.324 e. The van der Waals surface area contributed by atoms with Crippen LogP contribution in [-0.2, 0) is 19.5 Å². The van der Waals surface area contributed by atoms with Crippen molar-refractivity contribution in [3.8, 4) is 6.07 Å². The van der Waals surface area contributed by atoms with Crippen molar-refractivity contribution in [1.29, 1.82) is 5.26 Å². The number of hydrogen-bond donors (Lipinski definition) is 2. The highest BCUT2D eigenvalue weighted by atomic mass is 16.1. The fraction of sp³-hybridized carbons (Fsp3) is 0.417. The lowest BCUT2D eigenvalue weighted by atomic mass is 9.89. The van der Waals surface area contributed by atoms with E-state index in [1.807, 2.05) is 12.1 Å². The third-order valence-corrected chi connectivity index (χ3v) is 6.46. The van der Waals surface area contributed by atoms with Crippen molar-refractivity contribution in [2.24, 2.45) is 5.92 Å². The lowest BCUT2D eigenvalue weighted by molar-refractivity contribution is 0.319. The number of anilines is 2. The van der Waals surface area contributed by atoms with Gasteiger partial charge >= 0.3 is 0 Å². The molecule has 0 unspecified atom stereocenters. The predicted molar refractivity (Wildman–Crippen MR) is 120 cm³/mol. The van der Waals surface area contributed by atoms with Gasteiger partial charge in [0, 0.05) is 30.4 Å². The zero-order chi connectivity index (χ0) is 21.2. The molecule has 7 nitrogen and oxygen atoms in total. The molecule has 1 aliphatic heterocycles. The Bertz CT molecular complexity index is 1220. The number of fused-ring (bicyclic) bond motifs is 2. The number of aromatic nitrogens is 3. The van der Waals surface area contributed by atoms with E-state index in [-0.39, 0.29) is 11.1 Å². The first-order valence-corrected chi connectivity index (χ1v) is 11.1. The first kappa shape index (κ1) is 19.7. The van der Waals surface area contributed by atoms with Crippen LogP contribution in [0.2, 0.25) is 0 Å². The average Bonchev–Trinajstić information content (AvgIpc) is 2.81. The van der Waals surface area contributed by atoms with Gasteiger partial charge in [0.25, 0.3) is 5.56 Å². The molecule has 1 saturated carbocycles.